The molecule has 0 bridgehead atoms. The molecule has 0 fully saturated rings. The summed E-state index contributed by atoms with van der Waals surface area (Å²) in [6.07, 6.45) is -0.518. The van der Waals surface area contributed by atoms with Crippen molar-refractivity contribution in [2.45, 2.75) is 17.9 Å². The predicted molar refractivity (Wildman–Crippen MR) is 84.7 cm³/mol. The fourth-order valence-electron chi connectivity index (χ4n) is 1.72. The Kier molecular flexibility index (Phi) is 5.77. The molecule has 2 rings (SSSR count). The van der Waals surface area contributed by atoms with Crippen LogP contribution < -0.4 is 4.74 Å². The van der Waals surface area contributed by atoms with Gasteiger partial charge in [0.15, 0.2) is 0 Å². The van der Waals surface area contributed by atoms with Gasteiger partial charge in [-0.25, -0.2) is 0 Å². The van der Waals surface area contributed by atoms with Gasteiger partial charge in [-0.15, -0.1) is 11.8 Å². The molecule has 2 aromatic carbocycles. The summed E-state index contributed by atoms with van der Waals surface area (Å²) in [5.74, 6) is 1.52. The molecule has 0 aliphatic carbocycles. The van der Waals surface area contributed by atoms with Gasteiger partial charge in [-0.1, -0.05) is 35.9 Å². The molecule has 0 aliphatic heterocycles. The van der Waals surface area contributed by atoms with E-state index in [2.05, 4.69) is 12.1 Å². The maximum Gasteiger partial charge on any atom is 0.137 e. The van der Waals surface area contributed by atoms with Crippen LogP contribution in [-0.2, 0) is 0 Å². The monoisotopic (exact) mass is 308 g/mol. The van der Waals surface area contributed by atoms with Crippen molar-refractivity contribution in [3.05, 3.63) is 59.1 Å². The second kappa shape index (κ2) is 7.58. The minimum Gasteiger partial charge on any atom is -0.491 e. The number of thioether (sulfide) groups is 1. The van der Waals surface area contributed by atoms with Crippen LogP contribution in [0.25, 0.3) is 0 Å². The van der Waals surface area contributed by atoms with Gasteiger partial charge in [-0.2, -0.15) is 0 Å². The second-order valence-electron chi connectivity index (χ2n) is 4.38. The van der Waals surface area contributed by atoms with Crippen molar-refractivity contribution in [1.82, 2.24) is 0 Å². The van der Waals surface area contributed by atoms with E-state index in [0.717, 1.165) is 11.3 Å². The Labute approximate surface area is 128 Å². The molecule has 0 saturated carbocycles. The first-order valence-corrected chi connectivity index (χ1v) is 7.81. The molecule has 4 heteroatoms. The van der Waals surface area contributed by atoms with Crippen LogP contribution in [0.4, 0.5) is 0 Å². The summed E-state index contributed by atoms with van der Waals surface area (Å²) in [7, 11) is 0. The van der Waals surface area contributed by atoms with Gasteiger partial charge in [0.1, 0.15) is 5.75 Å². The van der Waals surface area contributed by atoms with Crippen LogP contribution in [0.2, 0.25) is 5.02 Å². The normalized spacial score (nSPS) is 12.2. The van der Waals surface area contributed by atoms with Crippen molar-refractivity contribution in [3.8, 4) is 5.75 Å². The lowest BCUT2D eigenvalue weighted by Crippen LogP contribution is -2.01. The fourth-order valence-corrected chi connectivity index (χ4v) is 2.72. The summed E-state index contributed by atoms with van der Waals surface area (Å²) in [6.45, 7) is 2.30. The SMILES string of the molecule is CC(O)c1ccc(OCCSc2ccccc2)c(Cl)c1. The lowest BCUT2D eigenvalue weighted by atomic mass is 10.1. The molecule has 2 aromatic rings. The number of rotatable bonds is 6. The highest BCUT2D eigenvalue weighted by Gasteiger charge is 2.06. The van der Waals surface area contributed by atoms with Crippen LogP contribution in [0, 0.1) is 0 Å². The Morgan fingerprint density at radius 3 is 2.60 bits per heavy atom. The smallest absolute Gasteiger partial charge is 0.137 e. The van der Waals surface area contributed by atoms with Gasteiger partial charge < -0.3 is 9.84 Å². The Bertz CT molecular complexity index is 543. The van der Waals surface area contributed by atoms with Crippen molar-refractivity contribution in [2.75, 3.05) is 12.4 Å². The van der Waals surface area contributed by atoms with Crippen molar-refractivity contribution in [1.29, 1.82) is 0 Å². The zero-order valence-electron chi connectivity index (χ0n) is 11.3. The maximum absolute atomic E-state index is 9.48. The minimum atomic E-state index is -0.518. The van der Waals surface area contributed by atoms with E-state index in [1.54, 1.807) is 30.8 Å². The highest BCUT2D eigenvalue weighted by atomic mass is 35.5. The molecule has 1 atom stereocenters. The molecular formula is C16H17ClO2S. The summed E-state index contributed by atoms with van der Waals surface area (Å²) in [5.41, 5.74) is 0.793. The van der Waals surface area contributed by atoms with Crippen LogP contribution in [0.1, 0.15) is 18.6 Å². The number of aliphatic hydroxyl groups excluding tert-OH is 1. The fraction of sp³-hybridized carbons (Fsp3) is 0.250. The summed E-state index contributed by atoms with van der Waals surface area (Å²) < 4.78 is 5.66. The Morgan fingerprint density at radius 1 is 1.20 bits per heavy atom. The van der Waals surface area contributed by atoms with E-state index in [-0.39, 0.29) is 0 Å². The lowest BCUT2D eigenvalue weighted by molar-refractivity contribution is 0.199. The third-order valence-electron chi connectivity index (χ3n) is 2.79. The van der Waals surface area contributed by atoms with E-state index in [1.807, 2.05) is 24.3 Å². The van der Waals surface area contributed by atoms with Crippen LogP contribution in [-0.4, -0.2) is 17.5 Å². The zero-order valence-corrected chi connectivity index (χ0v) is 12.8. The standard InChI is InChI=1S/C16H17ClO2S/c1-12(18)13-7-8-16(15(17)11-13)19-9-10-20-14-5-3-2-4-6-14/h2-8,11-12,18H,9-10H2,1H3. The molecular weight excluding hydrogens is 292 g/mol. The van der Waals surface area contributed by atoms with Gasteiger partial charge in [0.05, 0.1) is 17.7 Å². The molecule has 0 heterocycles. The van der Waals surface area contributed by atoms with Crippen molar-refractivity contribution in [2.24, 2.45) is 0 Å². The van der Waals surface area contributed by atoms with Crippen LogP contribution in [0.3, 0.4) is 0 Å². The highest BCUT2D eigenvalue weighted by molar-refractivity contribution is 7.99. The van der Waals surface area contributed by atoms with Gasteiger partial charge in [0, 0.05) is 10.6 Å². The Balaban J connectivity index is 1.82. The number of ether oxygens (including phenoxy) is 1. The summed E-state index contributed by atoms with van der Waals surface area (Å²) in [5, 5.41) is 10.0. The maximum atomic E-state index is 9.48. The summed E-state index contributed by atoms with van der Waals surface area (Å²) >= 11 is 7.87. The number of halogens is 1. The zero-order chi connectivity index (χ0) is 14.4. The van der Waals surface area contributed by atoms with E-state index in [4.69, 9.17) is 16.3 Å². The number of hydrogen-bond acceptors (Lipinski definition) is 3. The first-order chi connectivity index (χ1) is 9.66. The van der Waals surface area contributed by atoms with Gasteiger partial charge in [0.25, 0.3) is 0 Å². The number of hydrogen-bond donors (Lipinski definition) is 1. The van der Waals surface area contributed by atoms with Crippen molar-refractivity contribution >= 4 is 23.4 Å². The Hall–Kier alpha value is -1.16. The molecule has 0 aromatic heterocycles. The highest BCUT2D eigenvalue weighted by Crippen LogP contribution is 2.28. The largest absolute Gasteiger partial charge is 0.491 e. The third-order valence-corrected chi connectivity index (χ3v) is 4.06. The van der Waals surface area contributed by atoms with Gasteiger partial charge >= 0.3 is 0 Å². The van der Waals surface area contributed by atoms with Crippen molar-refractivity contribution in [3.63, 3.8) is 0 Å². The summed E-state index contributed by atoms with van der Waals surface area (Å²) in [6, 6.07) is 15.6. The number of aliphatic hydroxyl groups is 1. The molecule has 0 radical (unpaired) electrons. The van der Waals surface area contributed by atoms with Gasteiger partial charge in [0.2, 0.25) is 0 Å². The van der Waals surface area contributed by atoms with Crippen molar-refractivity contribution < 1.29 is 9.84 Å². The van der Waals surface area contributed by atoms with Gasteiger partial charge in [-0.05, 0) is 36.8 Å². The molecule has 20 heavy (non-hydrogen) atoms. The van der Waals surface area contributed by atoms with E-state index >= 15 is 0 Å². The number of benzene rings is 2. The quantitative estimate of drug-likeness (QED) is 0.626. The molecule has 1 unspecified atom stereocenters. The molecule has 1 N–H and O–H groups in total. The minimum absolute atomic E-state index is 0.518. The first-order valence-electron chi connectivity index (χ1n) is 6.45. The topological polar surface area (TPSA) is 29.5 Å². The first kappa shape index (κ1) is 15.2. The second-order valence-corrected chi connectivity index (χ2v) is 5.95. The van der Waals surface area contributed by atoms with E-state index < -0.39 is 6.10 Å². The van der Waals surface area contributed by atoms with Crippen LogP contribution >= 0.6 is 23.4 Å². The molecule has 0 saturated heterocycles. The average molecular weight is 309 g/mol. The molecule has 0 spiro atoms. The van der Waals surface area contributed by atoms with E-state index in [1.165, 1.54) is 4.90 Å². The molecule has 0 amide bonds. The predicted octanol–water partition coefficient (Wildman–Crippen LogP) is 4.56. The lowest BCUT2D eigenvalue weighted by Gasteiger charge is -2.10. The van der Waals surface area contributed by atoms with E-state index in [9.17, 15) is 5.11 Å². The summed E-state index contributed by atoms with van der Waals surface area (Å²) in [4.78, 5) is 1.23. The molecule has 0 aliphatic rings. The van der Waals surface area contributed by atoms with Crippen LogP contribution in [0.15, 0.2) is 53.4 Å². The molecule has 2 nitrogen and oxygen atoms in total. The van der Waals surface area contributed by atoms with Crippen LogP contribution in [0.5, 0.6) is 5.75 Å². The van der Waals surface area contributed by atoms with Gasteiger partial charge in [-0.3, -0.25) is 0 Å². The molecule has 106 valence electrons. The third kappa shape index (κ3) is 4.44. The Morgan fingerprint density at radius 2 is 1.95 bits per heavy atom. The van der Waals surface area contributed by atoms with E-state index in [0.29, 0.717) is 17.4 Å². The average Bonchev–Trinajstić information content (AvgIpc) is 2.46.